The number of unbranched alkanes of at least 4 members (excludes halogenated alkanes) is 1. The highest BCUT2D eigenvalue weighted by atomic mass is 16.5. The van der Waals surface area contributed by atoms with Gasteiger partial charge in [-0.1, -0.05) is 42.0 Å². The Kier molecular flexibility index (Phi) is 6.29. The van der Waals surface area contributed by atoms with E-state index in [1.165, 1.54) is 16.7 Å². The van der Waals surface area contributed by atoms with Crippen molar-refractivity contribution in [2.45, 2.75) is 33.3 Å². The summed E-state index contributed by atoms with van der Waals surface area (Å²) in [5.74, 6) is 0.939. The van der Waals surface area contributed by atoms with Crippen LogP contribution in [0.3, 0.4) is 0 Å². The van der Waals surface area contributed by atoms with E-state index in [-0.39, 0.29) is 0 Å². The maximum Gasteiger partial charge on any atom is 0.119 e. The summed E-state index contributed by atoms with van der Waals surface area (Å²) in [6.45, 7) is 6.48. The molecule has 0 spiro atoms. The summed E-state index contributed by atoms with van der Waals surface area (Å²) in [4.78, 5) is 0. The van der Waals surface area contributed by atoms with Crippen LogP contribution < -0.4 is 4.74 Å². The summed E-state index contributed by atoms with van der Waals surface area (Å²) in [5, 5.41) is 0. The SMILES string of the molecule is Cc1ccc(COCCCCOc2ccccc2)c(C)c1. The van der Waals surface area contributed by atoms with Crippen LogP contribution in [0.2, 0.25) is 0 Å². The van der Waals surface area contributed by atoms with Crippen molar-refractivity contribution in [3.8, 4) is 5.75 Å². The second kappa shape index (κ2) is 8.48. The highest BCUT2D eigenvalue weighted by molar-refractivity contribution is 5.29. The molecule has 0 radical (unpaired) electrons. The fourth-order valence-electron chi connectivity index (χ4n) is 2.20. The molecule has 2 nitrogen and oxygen atoms in total. The molecule has 21 heavy (non-hydrogen) atoms. The minimum Gasteiger partial charge on any atom is -0.494 e. The van der Waals surface area contributed by atoms with Gasteiger partial charge in [0.1, 0.15) is 5.75 Å². The second-order valence-electron chi connectivity index (χ2n) is 5.35. The molecule has 0 bridgehead atoms. The largest absolute Gasteiger partial charge is 0.494 e. The quantitative estimate of drug-likeness (QED) is 0.655. The number of rotatable bonds is 8. The molecule has 0 amide bonds. The van der Waals surface area contributed by atoms with Gasteiger partial charge in [-0.05, 0) is 49.9 Å². The molecule has 0 atom stereocenters. The average molecular weight is 284 g/mol. The van der Waals surface area contributed by atoms with Crippen LogP contribution in [0, 0.1) is 13.8 Å². The summed E-state index contributed by atoms with van der Waals surface area (Å²) in [6, 6.07) is 16.4. The monoisotopic (exact) mass is 284 g/mol. The minimum atomic E-state index is 0.700. The topological polar surface area (TPSA) is 18.5 Å². The van der Waals surface area contributed by atoms with Crippen LogP contribution in [0.1, 0.15) is 29.5 Å². The van der Waals surface area contributed by atoms with Gasteiger partial charge in [0.25, 0.3) is 0 Å². The summed E-state index contributed by atoms with van der Waals surface area (Å²) in [7, 11) is 0. The lowest BCUT2D eigenvalue weighted by molar-refractivity contribution is 0.113. The van der Waals surface area contributed by atoms with Gasteiger partial charge in [0.2, 0.25) is 0 Å². The van der Waals surface area contributed by atoms with Crippen molar-refractivity contribution in [1.29, 1.82) is 0 Å². The Morgan fingerprint density at radius 3 is 2.38 bits per heavy atom. The minimum absolute atomic E-state index is 0.700. The van der Waals surface area contributed by atoms with Crippen molar-refractivity contribution >= 4 is 0 Å². The van der Waals surface area contributed by atoms with Gasteiger partial charge < -0.3 is 9.47 Å². The molecule has 2 heteroatoms. The first-order valence-corrected chi connectivity index (χ1v) is 7.57. The van der Waals surface area contributed by atoms with Gasteiger partial charge in [-0.3, -0.25) is 0 Å². The zero-order valence-electron chi connectivity index (χ0n) is 13.0. The van der Waals surface area contributed by atoms with Crippen molar-refractivity contribution in [2.24, 2.45) is 0 Å². The van der Waals surface area contributed by atoms with E-state index in [1.807, 2.05) is 30.3 Å². The number of aryl methyl sites for hydroxylation is 2. The third-order valence-corrected chi connectivity index (χ3v) is 3.45. The van der Waals surface area contributed by atoms with Crippen molar-refractivity contribution < 1.29 is 9.47 Å². The Morgan fingerprint density at radius 2 is 1.62 bits per heavy atom. The molecule has 0 fully saturated rings. The molecule has 0 aliphatic heterocycles. The zero-order valence-corrected chi connectivity index (χ0v) is 13.0. The molecule has 0 aliphatic rings. The van der Waals surface area contributed by atoms with E-state index in [1.54, 1.807) is 0 Å². The Morgan fingerprint density at radius 1 is 0.857 bits per heavy atom. The summed E-state index contributed by atoms with van der Waals surface area (Å²) in [6.07, 6.45) is 2.04. The van der Waals surface area contributed by atoms with Gasteiger partial charge in [0, 0.05) is 6.61 Å². The van der Waals surface area contributed by atoms with Gasteiger partial charge in [0.15, 0.2) is 0 Å². The Balaban J connectivity index is 1.56. The lowest BCUT2D eigenvalue weighted by atomic mass is 10.1. The molecule has 0 aliphatic carbocycles. The summed E-state index contributed by atoms with van der Waals surface area (Å²) < 4.78 is 11.4. The fourth-order valence-corrected chi connectivity index (χ4v) is 2.20. The van der Waals surface area contributed by atoms with Crippen molar-refractivity contribution in [3.63, 3.8) is 0 Å². The molecular weight excluding hydrogens is 260 g/mol. The summed E-state index contributed by atoms with van der Waals surface area (Å²) in [5.41, 5.74) is 3.89. The molecule has 2 rings (SSSR count). The van der Waals surface area contributed by atoms with Crippen LogP contribution >= 0.6 is 0 Å². The van der Waals surface area contributed by atoms with E-state index in [4.69, 9.17) is 9.47 Å². The van der Waals surface area contributed by atoms with E-state index in [0.29, 0.717) is 6.61 Å². The van der Waals surface area contributed by atoms with E-state index in [9.17, 15) is 0 Å². The smallest absolute Gasteiger partial charge is 0.119 e. The molecule has 0 saturated carbocycles. The Labute approximate surface area is 127 Å². The molecule has 0 heterocycles. The first-order valence-electron chi connectivity index (χ1n) is 7.57. The third kappa shape index (κ3) is 5.60. The maximum atomic E-state index is 5.74. The first kappa shape index (κ1) is 15.6. The first-order chi connectivity index (χ1) is 10.3. The number of para-hydroxylation sites is 1. The number of hydrogen-bond donors (Lipinski definition) is 0. The maximum absolute atomic E-state index is 5.74. The highest BCUT2D eigenvalue weighted by Crippen LogP contribution is 2.12. The predicted octanol–water partition coefficient (Wildman–Crippen LogP) is 4.68. The normalized spacial score (nSPS) is 10.6. The van der Waals surface area contributed by atoms with Crippen molar-refractivity contribution in [3.05, 3.63) is 65.2 Å². The number of ether oxygens (including phenoxy) is 2. The average Bonchev–Trinajstić information content (AvgIpc) is 2.49. The molecule has 0 saturated heterocycles. The molecular formula is C19H24O2. The van der Waals surface area contributed by atoms with Crippen LogP contribution in [0.4, 0.5) is 0 Å². The van der Waals surface area contributed by atoms with Gasteiger partial charge in [-0.15, -0.1) is 0 Å². The zero-order chi connectivity index (χ0) is 14.9. The van der Waals surface area contributed by atoms with Gasteiger partial charge in [-0.2, -0.15) is 0 Å². The number of hydrogen-bond acceptors (Lipinski definition) is 2. The molecule has 112 valence electrons. The molecule has 0 unspecified atom stereocenters. The van der Waals surface area contributed by atoms with Crippen LogP contribution in [-0.4, -0.2) is 13.2 Å². The lowest BCUT2D eigenvalue weighted by Gasteiger charge is -2.09. The van der Waals surface area contributed by atoms with Gasteiger partial charge >= 0.3 is 0 Å². The van der Waals surface area contributed by atoms with Gasteiger partial charge in [0.05, 0.1) is 13.2 Å². The van der Waals surface area contributed by atoms with Crippen LogP contribution in [-0.2, 0) is 11.3 Å². The van der Waals surface area contributed by atoms with Crippen LogP contribution in [0.25, 0.3) is 0 Å². The Hall–Kier alpha value is -1.80. The van der Waals surface area contributed by atoms with Crippen molar-refractivity contribution in [2.75, 3.05) is 13.2 Å². The van der Waals surface area contributed by atoms with E-state index in [0.717, 1.165) is 31.8 Å². The standard InChI is InChI=1S/C19H24O2/c1-16-10-11-18(17(2)14-16)15-20-12-6-7-13-21-19-8-4-3-5-9-19/h3-5,8-11,14H,6-7,12-13,15H2,1-2H3. The van der Waals surface area contributed by atoms with Crippen molar-refractivity contribution in [1.82, 2.24) is 0 Å². The molecule has 0 aromatic heterocycles. The molecule has 2 aromatic rings. The van der Waals surface area contributed by atoms with E-state index >= 15 is 0 Å². The van der Waals surface area contributed by atoms with Crippen LogP contribution in [0.15, 0.2) is 48.5 Å². The number of benzene rings is 2. The van der Waals surface area contributed by atoms with E-state index in [2.05, 4.69) is 32.0 Å². The third-order valence-electron chi connectivity index (χ3n) is 3.45. The van der Waals surface area contributed by atoms with Gasteiger partial charge in [-0.25, -0.2) is 0 Å². The highest BCUT2D eigenvalue weighted by Gasteiger charge is 1.99. The molecule has 2 aromatic carbocycles. The second-order valence-corrected chi connectivity index (χ2v) is 5.35. The predicted molar refractivity (Wildman–Crippen MR) is 86.7 cm³/mol. The fraction of sp³-hybridized carbons (Fsp3) is 0.368. The molecule has 0 N–H and O–H groups in total. The lowest BCUT2D eigenvalue weighted by Crippen LogP contribution is -2.02. The Bertz CT molecular complexity index is 535. The van der Waals surface area contributed by atoms with Crippen LogP contribution in [0.5, 0.6) is 5.75 Å². The summed E-state index contributed by atoms with van der Waals surface area (Å²) >= 11 is 0. The van der Waals surface area contributed by atoms with E-state index < -0.39 is 0 Å².